The Morgan fingerprint density at radius 3 is 2.41 bits per heavy atom. The monoisotopic (exact) mass is 464 g/mol. The number of rotatable bonds is 6. The summed E-state index contributed by atoms with van der Waals surface area (Å²) in [7, 11) is -3.81. The molecule has 0 aliphatic heterocycles. The number of nitrogens with zero attached hydrogens (tertiary/aromatic N) is 2. The fourth-order valence-electron chi connectivity index (χ4n) is 2.01. The van der Waals surface area contributed by atoms with Crippen molar-refractivity contribution in [1.29, 1.82) is 0 Å². The normalized spacial score (nSPS) is 11.4. The molecular formula is C17H13BrN4O3S2. The van der Waals surface area contributed by atoms with E-state index in [9.17, 15) is 13.2 Å². The first kappa shape index (κ1) is 19.2. The lowest BCUT2D eigenvalue weighted by Gasteiger charge is -2.07. The summed E-state index contributed by atoms with van der Waals surface area (Å²) >= 11 is 4.87. The molecule has 0 aliphatic carbocycles. The van der Waals surface area contributed by atoms with Crippen LogP contribution in [0.5, 0.6) is 0 Å². The molecule has 0 saturated carbocycles. The van der Waals surface area contributed by atoms with E-state index in [-0.39, 0.29) is 16.8 Å². The molecule has 0 saturated heterocycles. The Morgan fingerprint density at radius 1 is 1.07 bits per heavy atom. The van der Waals surface area contributed by atoms with Crippen LogP contribution in [0.25, 0.3) is 6.08 Å². The third kappa shape index (κ3) is 5.46. The number of anilines is 2. The van der Waals surface area contributed by atoms with Crippen LogP contribution < -0.4 is 10.0 Å². The largest absolute Gasteiger partial charge is 0.323 e. The maximum atomic E-state index is 12.3. The Hall–Kier alpha value is -2.56. The Morgan fingerprint density at radius 2 is 1.78 bits per heavy atom. The maximum Gasteiger partial charge on any atom is 0.264 e. The fourth-order valence-corrected chi connectivity index (χ4v) is 4.29. The number of aromatic nitrogens is 2. The molecule has 0 fully saturated rings. The van der Waals surface area contributed by atoms with Crippen LogP contribution in [0.1, 0.15) is 4.88 Å². The number of halogens is 1. The number of nitrogens with one attached hydrogen (secondary N) is 2. The van der Waals surface area contributed by atoms with E-state index in [4.69, 9.17) is 0 Å². The van der Waals surface area contributed by atoms with Gasteiger partial charge in [-0.2, -0.15) is 0 Å². The van der Waals surface area contributed by atoms with Crippen LogP contribution in [0, 0.1) is 0 Å². The highest BCUT2D eigenvalue weighted by atomic mass is 79.9. The number of sulfonamides is 1. The van der Waals surface area contributed by atoms with Crippen molar-refractivity contribution in [2.45, 2.75) is 4.90 Å². The standard InChI is InChI=1S/C17H13BrN4O3S2/c18-15-8-4-13(26-15)5-9-16(23)21-12-2-6-14(7-3-12)27(24,25)22-17-19-10-1-11-20-17/h1-11H,(H,21,23)(H,19,20,22)/b9-5+. The molecule has 1 aromatic carbocycles. The quantitative estimate of drug-likeness (QED) is 0.540. The summed E-state index contributed by atoms with van der Waals surface area (Å²) in [6, 6.07) is 11.2. The lowest BCUT2D eigenvalue weighted by molar-refractivity contribution is -0.111. The molecule has 7 nitrogen and oxygen atoms in total. The molecule has 3 aromatic rings. The van der Waals surface area contributed by atoms with E-state index in [2.05, 4.69) is 35.9 Å². The van der Waals surface area contributed by atoms with Gasteiger partial charge in [0.25, 0.3) is 10.0 Å². The van der Waals surface area contributed by atoms with Gasteiger partial charge in [0, 0.05) is 29.0 Å². The number of hydrogen-bond acceptors (Lipinski definition) is 6. The topological polar surface area (TPSA) is 101 Å². The van der Waals surface area contributed by atoms with Gasteiger partial charge in [-0.1, -0.05) is 0 Å². The van der Waals surface area contributed by atoms with Gasteiger partial charge in [0.15, 0.2) is 0 Å². The molecule has 3 rings (SSSR count). The van der Waals surface area contributed by atoms with Crippen molar-refractivity contribution in [3.05, 3.63) is 69.6 Å². The van der Waals surface area contributed by atoms with E-state index in [1.54, 1.807) is 12.1 Å². The minimum absolute atomic E-state index is 0.0137. The van der Waals surface area contributed by atoms with Crippen molar-refractivity contribution in [2.24, 2.45) is 0 Å². The van der Waals surface area contributed by atoms with Crippen LogP contribution in [0.2, 0.25) is 0 Å². The summed E-state index contributed by atoms with van der Waals surface area (Å²) in [6.07, 6.45) is 5.99. The van der Waals surface area contributed by atoms with Crippen LogP contribution in [0.4, 0.5) is 11.6 Å². The summed E-state index contributed by atoms with van der Waals surface area (Å²) in [5, 5.41) is 2.67. The highest BCUT2D eigenvalue weighted by molar-refractivity contribution is 9.11. The van der Waals surface area contributed by atoms with Crippen molar-refractivity contribution in [1.82, 2.24) is 9.97 Å². The van der Waals surface area contributed by atoms with Crippen molar-refractivity contribution >= 4 is 60.9 Å². The predicted octanol–water partition coefficient (Wildman–Crippen LogP) is 3.75. The zero-order valence-electron chi connectivity index (χ0n) is 13.7. The smallest absolute Gasteiger partial charge is 0.264 e. The number of hydrogen-bond donors (Lipinski definition) is 2. The third-order valence-corrected chi connectivity index (χ3v) is 6.15. The zero-order chi connectivity index (χ0) is 19.3. The number of carbonyl (C=O) groups excluding carboxylic acids is 1. The van der Waals surface area contributed by atoms with E-state index >= 15 is 0 Å². The molecule has 0 radical (unpaired) electrons. The highest BCUT2D eigenvalue weighted by Gasteiger charge is 2.15. The zero-order valence-corrected chi connectivity index (χ0v) is 16.9. The number of carbonyl (C=O) groups is 1. The fraction of sp³-hybridized carbons (Fsp3) is 0. The summed E-state index contributed by atoms with van der Waals surface area (Å²) in [5.74, 6) is -0.328. The molecular weight excluding hydrogens is 452 g/mol. The molecule has 10 heteroatoms. The molecule has 2 heterocycles. The van der Waals surface area contributed by atoms with Crippen LogP contribution in [-0.2, 0) is 14.8 Å². The summed E-state index contributed by atoms with van der Waals surface area (Å²) in [4.78, 5) is 20.6. The van der Waals surface area contributed by atoms with E-state index in [1.807, 2.05) is 12.1 Å². The Kier molecular flexibility index (Phi) is 5.99. The van der Waals surface area contributed by atoms with Crippen molar-refractivity contribution in [3.8, 4) is 0 Å². The second-order valence-electron chi connectivity index (χ2n) is 5.17. The lowest BCUT2D eigenvalue weighted by Crippen LogP contribution is -2.15. The first-order valence-corrected chi connectivity index (χ1v) is 10.7. The summed E-state index contributed by atoms with van der Waals surface area (Å²) < 4.78 is 27.9. The molecule has 2 N–H and O–H groups in total. The SMILES string of the molecule is O=C(/C=C/c1ccc(Br)s1)Nc1ccc(S(=O)(=O)Nc2ncccn2)cc1. The second-order valence-corrected chi connectivity index (χ2v) is 9.34. The van der Waals surface area contributed by atoms with E-state index < -0.39 is 10.0 Å². The molecule has 0 atom stereocenters. The van der Waals surface area contributed by atoms with Crippen LogP contribution in [-0.4, -0.2) is 24.3 Å². The Labute approximate surface area is 168 Å². The van der Waals surface area contributed by atoms with Gasteiger partial charge < -0.3 is 5.32 Å². The number of amides is 1. The summed E-state index contributed by atoms with van der Waals surface area (Å²) in [5.41, 5.74) is 0.479. The Balaban J connectivity index is 1.64. The molecule has 27 heavy (non-hydrogen) atoms. The van der Waals surface area contributed by atoms with Crippen LogP contribution >= 0.6 is 27.3 Å². The number of thiophene rings is 1. The van der Waals surface area contributed by atoms with Gasteiger partial charge >= 0.3 is 0 Å². The molecule has 2 aromatic heterocycles. The summed E-state index contributed by atoms with van der Waals surface area (Å²) in [6.45, 7) is 0. The molecule has 0 unspecified atom stereocenters. The molecule has 138 valence electrons. The van der Waals surface area contributed by atoms with Crippen LogP contribution in [0.15, 0.2) is 69.6 Å². The number of benzene rings is 1. The predicted molar refractivity (Wildman–Crippen MR) is 109 cm³/mol. The minimum Gasteiger partial charge on any atom is -0.323 e. The Bertz CT molecular complexity index is 1070. The molecule has 0 aliphatic rings. The molecule has 1 amide bonds. The first-order valence-electron chi connectivity index (χ1n) is 7.57. The average molecular weight is 465 g/mol. The van der Waals surface area contributed by atoms with E-state index in [1.165, 1.54) is 54.1 Å². The van der Waals surface area contributed by atoms with Crippen molar-refractivity contribution < 1.29 is 13.2 Å². The molecule has 0 bridgehead atoms. The van der Waals surface area contributed by atoms with Gasteiger partial charge in [0.05, 0.1) is 8.68 Å². The van der Waals surface area contributed by atoms with Crippen LogP contribution in [0.3, 0.4) is 0 Å². The van der Waals surface area contributed by atoms with E-state index in [0.29, 0.717) is 5.69 Å². The first-order chi connectivity index (χ1) is 12.9. The van der Waals surface area contributed by atoms with Gasteiger partial charge in [0.2, 0.25) is 11.9 Å². The van der Waals surface area contributed by atoms with Gasteiger partial charge in [-0.15, -0.1) is 11.3 Å². The second kappa shape index (κ2) is 8.42. The average Bonchev–Trinajstić information content (AvgIpc) is 3.06. The van der Waals surface area contributed by atoms with Crippen molar-refractivity contribution in [2.75, 3.05) is 10.0 Å². The third-order valence-electron chi connectivity index (χ3n) is 3.22. The van der Waals surface area contributed by atoms with Crippen molar-refractivity contribution in [3.63, 3.8) is 0 Å². The van der Waals surface area contributed by atoms with Gasteiger partial charge in [-0.05, 0) is 64.5 Å². The van der Waals surface area contributed by atoms with Gasteiger partial charge in [-0.25, -0.2) is 23.1 Å². The minimum atomic E-state index is -3.81. The maximum absolute atomic E-state index is 12.3. The molecule has 0 spiro atoms. The highest BCUT2D eigenvalue weighted by Crippen LogP contribution is 2.23. The van der Waals surface area contributed by atoms with Gasteiger partial charge in [-0.3, -0.25) is 4.79 Å². The lowest BCUT2D eigenvalue weighted by atomic mass is 10.3. The van der Waals surface area contributed by atoms with Gasteiger partial charge in [0.1, 0.15) is 0 Å². The van der Waals surface area contributed by atoms with E-state index in [0.717, 1.165) is 8.66 Å².